The third-order valence-corrected chi connectivity index (χ3v) is 5.99. The van der Waals surface area contributed by atoms with E-state index < -0.39 is 27.9 Å². The van der Waals surface area contributed by atoms with E-state index in [4.69, 9.17) is 25.8 Å². The minimum atomic E-state index is -3.86. The molecule has 174 valence electrons. The van der Waals surface area contributed by atoms with Gasteiger partial charge < -0.3 is 19.5 Å². The number of rotatable bonds is 9. The first kappa shape index (κ1) is 25.3. The number of hydrogen-bond acceptors (Lipinski definition) is 7. The van der Waals surface area contributed by atoms with Crippen LogP contribution in [-0.4, -0.2) is 53.9 Å². The van der Waals surface area contributed by atoms with Crippen LogP contribution < -0.4 is 19.1 Å². The van der Waals surface area contributed by atoms with Crippen molar-refractivity contribution in [3.05, 3.63) is 47.0 Å². The molecule has 0 fully saturated rings. The average Bonchev–Trinajstić information content (AvgIpc) is 2.75. The molecule has 0 aliphatic heterocycles. The fourth-order valence-electron chi connectivity index (χ4n) is 3.15. The number of esters is 1. The van der Waals surface area contributed by atoms with E-state index >= 15 is 0 Å². The van der Waals surface area contributed by atoms with Crippen LogP contribution in [0.3, 0.4) is 0 Å². The van der Waals surface area contributed by atoms with Gasteiger partial charge in [0.25, 0.3) is 0 Å². The van der Waals surface area contributed by atoms with Crippen LogP contribution in [0, 0.1) is 0 Å². The third kappa shape index (κ3) is 5.63. The van der Waals surface area contributed by atoms with Crippen molar-refractivity contribution in [3.63, 3.8) is 0 Å². The molecule has 0 bridgehead atoms. The predicted octanol–water partition coefficient (Wildman–Crippen LogP) is 3.33. The number of hydrogen-bond donors (Lipinski definition) is 1. The maximum Gasteiger partial charge on any atom is 0.340 e. The standard InChI is InChI=1S/C21H25ClN2O7S/c1-6-17(24(32(5,27)28)14-9-7-8-13(22)10-14)20(25)23-16-12-19(30-3)18(29-2)11-15(16)21(26)31-4/h7-12,17H,6H2,1-5H3,(H,23,25). The van der Waals surface area contributed by atoms with E-state index in [9.17, 15) is 18.0 Å². The van der Waals surface area contributed by atoms with Crippen molar-refractivity contribution in [1.29, 1.82) is 0 Å². The number of benzene rings is 2. The van der Waals surface area contributed by atoms with Gasteiger partial charge in [-0.15, -0.1) is 0 Å². The molecule has 1 unspecified atom stereocenters. The fourth-order valence-corrected chi connectivity index (χ4v) is 4.54. The van der Waals surface area contributed by atoms with Crippen molar-refractivity contribution in [3.8, 4) is 11.5 Å². The summed E-state index contributed by atoms with van der Waals surface area (Å²) >= 11 is 6.03. The Bertz CT molecular complexity index is 1110. The number of nitrogens with one attached hydrogen (secondary N) is 1. The molecule has 11 heteroatoms. The van der Waals surface area contributed by atoms with E-state index in [-0.39, 0.29) is 34.9 Å². The fraction of sp³-hybridized carbons (Fsp3) is 0.333. The van der Waals surface area contributed by atoms with E-state index in [1.165, 1.54) is 39.5 Å². The molecule has 9 nitrogen and oxygen atoms in total. The van der Waals surface area contributed by atoms with Crippen LogP contribution in [0.1, 0.15) is 23.7 Å². The summed E-state index contributed by atoms with van der Waals surface area (Å²) in [5.41, 5.74) is 0.335. The number of amides is 1. The van der Waals surface area contributed by atoms with Crippen molar-refractivity contribution in [1.82, 2.24) is 0 Å². The SMILES string of the molecule is CCC(C(=O)Nc1cc(OC)c(OC)cc1C(=O)OC)N(c1cccc(Cl)c1)S(C)(=O)=O. The monoisotopic (exact) mass is 484 g/mol. The molecule has 1 N–H and O–H groups in total. The zero-order chi connectivity index (χ0) is 24.1. The first-order valence-electron chi connectivity index (χ1n) is 9.47. The van der Waals surface area contributed by atoms with Gasteiger partial charge in [0.05, 0.1) is 44.5 Å². The second kappa shape index (κ2) is 10.6. The predicted molar refractivity (Wildman–Crippen MR) is 122 cm³/mol. The Hall–Kier alpha value is -2.98. The van der Waals surface area contributed by atoms with Crippen LogP contribution in [0.4, 0.5) is 11.4 Å². The van der Waals surface area contributed by atoms with Crippen molar-refractivity contribution in [2.24, 2.45) is 0 Å². The van der Waals surface area contributed by atoms with Gasteiger partial charge in [0.2, 0.25) is 15.9 Å². The van der Waals surface area contributed by atoms with Crippen LogP contribution in [0.2, 0.25) is 5.02 Å². The van der Waals surface area contributed by atoms with Crippen LogP contribution in [-0.2, 0) is 19.6 Å². The Morgan fingerprint density at radius 3 is 2.22 bits per heavy atom. The molecule has 0 saturated carbocycles. The summed E-state index contributed by atoms with van der Waals surface area (Å²) in [5, 5.41) is 2.94. The molecule has 0 spiro atoms. The van der Waals surface area contributed by atoms with Gasteiger partial charge >= 0.3 is 5.97 Å². The van der Waals surface area contributed by atoms with E-state index in [1.54, 1.807) is 25.1 Å². The lowest BCUT2D eigenvalue weighted by molar-refractivity contribution is -0.117. The van der Waals surface area contributed by atoms with Crippen molar-refractivity contribution in [2.45, 2.75) is 19.4 Å². The van der Waals surface area contributed by atoms with Crippen molar-refractivity contribution < 1.29 is 32.2 Å². The third-order valence-electron chi connectivity index (χ3n) is 4.58. The second-order valence-corrected chi connectivity index (χ2v) is 8.99. The second-order valence-electron chi connectivity index (χ2n) is 6.70. The maximum absolute atomic E-state index is 13.2. The number of carbonyl (C=O) groups excluding carboxylic acids is 2. The van der Waals surface area contributed by atoms with Gasteiger partial charge in [0.15, 0.2) is 11.5 Å². The van der Waals surface area contributed by atoms with Gasteiger partial charge in [-0.25, -0.2) is 13.2 Å². The van der Waals surface area contributed by atoms with Crippen LogP contribution >= 0.6 is 11.6 Å². The Kier molecular flexibility index (Phi) is 8.34. The summed E-state index contributed by atoms with van der Waals surface area (Å²) in [7, 11) is 0.143. The van der Waals surface area contributed by atoms with Crippen molar-refractivity contribution in [2.75, 3.05) is 37.2 Å². The van der Waals surface area contributed by atoms with E-state index in [2.05, 4.69) is 5.32 Å². The number of sulfonamides is 1. The highest BCUT2D eigenvalue weighted by Crippen LogP contribution is 2.34. The Balaban J connectivity index is 2.53. The largest absolute Gasteiger partial charge is 0.493 e. The molecule has 0 heterocycles. The molecular formula is C21H25ClN2O7S. The normalized spacial score (nSPS) is 11.9. The van der Waals surface area contributed by atoms with Gasteiger partial charge in [-0.3, -0.25) is 9.10 Å². The van der Waals surface area contributed by atoms with E-state index in [1.807, 2.05) is 0 Å². The summed E-state index contributed by atoms with van der Waals surface area (Å²) < 4.78 is 41.4. The zero-order valence-corrected chi connectivity index (χ0v) is 19.9. The summed E-state index contributed by atoms with van der Waals surface area (Å²) in [6.45, 7) is 1.67. The molecule has 2 aromatic rings. The molecule has 0 aromatic heterocycles. The molecule has 0 radical (unpaired) electrons. The number of nitrogens with zero attached hydrogens (tertiary/aromatic N) is 1. The van der Waals surface area contributed by atoms with Gasteiger partial charge in [-0.05, 0) is 24.6 Å². The Labute approximate surface area is 192 Å². The topological polar surface area (TPSA) is 111 Å². The van der Waals surface area contributed by atoms with Gasteiger partial charge in [0.1, 0.15) is 6.04 Å². The number of ether oxygens (including phenoxy) is 3. The highest BCUT2D eigenvalue weighted by molar-refractivity contribution is 7.92. The Morgan fingerprint density at radius 1 is 1.09 bits per heavy atom. The molecule has 0 aliphatic carbocycles. The lowest BCUT2D eigenvalue weighted by atomic mass is 10.1. The minimum Gasteiger partial charge on any atom is -0.493 e. The number of methoxy groups -OCH3 is 3. The number of carbonyl (C=O) groups is 2. The van der Waals surface area contributed by atoms with E-state index in [0.717, 1.165) is 10.6 Å². The number of halogens is 1. The van der Waals surface area contributed by atoms with Gasteiger partial charge in [0, 0.05) is 17.2 Å². The van der Waals surface area contributed by atoms with Crippen LogP contribution in [0.5, 0.6) is 11.5 Å². The number of anilines is 2. The quantitative estimate of drug-likeness (QED) is 0.543. The molecule has 1 amide bonds. The first-order chi connectivity index (χ1) is 15.1. The van der Waals surface area contributed by atoms with Crippen molar-refractivity contribution >= 4 is 44.9 Å². The lowest BCUT2D eigenvalue weighted by Gasteiger charge is -2.30. The molecular weight excluding hydrogens is 460 g/mol. The van der Waals surface area contributed by atoms with Crippen LogP contribution in [0.25, 0.3) is 0 Å². The molecule has 2 rings (SSSR count). The first-order valence-corrected chi connectivity index (χ1v) is 11.7. The lowest BCUT2D eigenvalue weighted by Crippen LogP contribution is -2.47. The summed E-state index contributed by atoms with van der Waals surface area (Å²) in [6, 6.07) is 7.82. The molecule has 32 heavy (non-hydrogen) atoms. The summed E-state index contributed by atoms with van der Waals surface area (Å²) in [6.07, 6.45) is 1.15. The summed E-state index contributed by atoms with van der Waals surface area (Å²) in [4.78, 5) is 25.5. The average molecular weight is 485 g/mol. The highest BCUT2D eigenvalue weighted by atomic mass is 35.5. The molecule has 0 saturated heterocycles. The summed E-state index contributed by atoms with van der Waals surface area (Å²) in [5.74, 6) is -0.854. The highest BCUT2D eigenvalue weighted by Gasteiger charge is 2.32. The zero-order valence-electron chi connectivity index (χ0n) is 18.3. The molecule has 2 aromatic carbocycles. The van der Waals surface area contributed by atoms with Gasteiger partial charge in [-0.2, -0.15) is 0 Å². The minimum absolute atomic E-state index is 0.0158. The maximum atomic E-state index is 13.2. The Morgan fingerprint density at radius 2 is 1.72 bits per heavy atom. The van der Waals surface area contributed by atoms with Gasteiger partial charge in [-0.1, -0.05) is 24.6 Å². The molecule has 1 atom stereocenters. The molecule has 0 aliphatic rings. The van der Waals surface area contributed by atoms with Crippen LogP contribution in [0.15, 0.2) is 36.4 Å². The smallest absolute Gasteiger partial charge is 0.340 e. The van der Waals surface area contributed by atoms with E-state index in [0.29, 0.717) is 5.02 Å².